The molecule has 0 aliphatic carbocycles. The average molecular weight is 326 g/mol. The van der Waals surface area contributed by atoms with E-state index in [2.05, 4.69) is 44.3 Å². The molecule has 1 aromatic heterocycles. The van der Waals surface area contributed by atoms with Crippen LogP contribution in [-0.2, 0) is 13.1 Å². The summed E-state index contributed by atoms with van der Waals surface area (Å²) in [5.74, 6) is 0. The van der Waals surface area contributed by atoms with Crippen molar-refractivity contribution in [2.45, 2.75) is 20.0 Å². The van der Waals surface area contributed by atoms with Crippen LogP contribution in [0.3, 0.4) is 0 Å². The van der Waals surface area contributed by atoms with Crippen molar-refractivity contribution < 1.29 is 0 Å². The molecule has 0 saturated carbocycles. The molecule has 0 amide bonds. The maximum atomic E-state index is 5.88. The summed E-state index contributed by atoms with van der Waals surface area (Å²) in [6, 6.07) is 5.97. The van der Waals surface area contributed by atoms with Crippen LogP contribution in [0, 0.1) is 6.92 Å². The van der Waals surface area contributed by atoms with E-state index in [0.29, 0.717) is 0 Å². The van der Waals surface area contributed by atoms with Crippen molar-refractivity contribution in [3.8, 4) is 0 Å². The van der Waals surface area contributed by atoms with Gasteiger partial charge in [0.1, 0.15) is 0 Å². The van der Waals surface area contributed by atoms with Crippen LogP contribution in [0.1, 0.15) is 16.3 Å². The smallest absolute Gasteiger partial charge is 0.0897 e. The summed E-state index contributed by atoms with van der Waals surface area (Å²) in [6.45, 7) is 3.73. The van der Waals surface area contributed by atoms with Gasteiger partial charge < -0.3 is 5.73 Å². The van der Waals surface area contributed by atoms with Gasteiger partial charge in [0.2, 0.25) is 0 Å². The predicted molar refractivity (Wildman–Crippen MR) is 80.6 cm³/mol. The lowest BCUT2D eigenvalue weighted by atomic mass is 10.2. The molecule has 0 aliphatic heterocycles. The Morgan fingerprint density at radius 3 is 2.83 bits per heavy atom. The SMILES string of the molecule is Cc1nc(CN(C)Cc2cccc(N)c2Br)cs1. The van der Waals surface area contributed by atoms with Gasteiger partial charge in [-0.05, 0) is 41.5 Å². The first-order valence-corrected chi connectivity index (χ1v) is 7.36. The molecule has 0 atom stereocenters. The zero-order valence-corrected chi connectivity index (χ0v) is 12.9. The third kappa shape index (κ3) is 3.31. The van der Waals surface area contributed by atoms with Crippen LogP contribution in [0.5, 0.6) is 0 Å². The van der Waals surface area contributed by atoms with Gasteiger partial charge in [-0.2, -0.15) is 0 Å². The quantitative estimate of drug-likeness (QED) is 0.876. The van der Waals surface area contributed by atoms with E-state index in [1.807, 2.05) is 19.1 Å². The molecule has 2 aromatic rings. The number of nitrogens with zero attached hydrogens (tertiary/aromatic N) is 2. The molecule has 0 saturated heterocycles. The fraction of sp³-hybridized carbons (Fsp3) is 0.308. The molecule has 1 heterocycles. The molecule has 0 bridgehead atoms. The number of nitrogens with two attached hydrogens (primary N) is 1. The molecular formula is C13H16BrN3S. The number of benzene rings is 1. The molecule has 0 unspecified atom stereocenters. The van der Waals surface area contributed by atoms with Gasteiger partial charge in [-0.15, -0.1) is 11.3 Å². The van der Waals surface area contributed by atoms with Crippen molar-refractivity contribution >= 4 is 33.0 Å². The van der Waals surface area contributed by atoms with Gasteiger partial charge in [0, 0.05) is 28.6 Å². The average Bonchev–Trinajstić information content (AvgIpc) is 2.70. The van der Waals surface area contributed by atoms with E-state index in [-0.39, 0.29) is 0 Å². The summed E-state index contributed by atoms with van der Waals surface area (Å²) in [4.78, 5) is 6.70. The minimum Gasteiger partial charge on any atom is -0.398 e. The molecule has 5 heteroatoms. The third-order valence-corrected chi connectivity index (χ3v) is 4.44. The number of hydrogen-bond donors (Lipinski definition) is 1. The Labute approximate surface area is 120 Å². The first kappa shape index (κ1) is 13.5. The topological polar surface area (TPSA) is 42.2 Å². The van der Waals surface area contributed by atoms with Crippen LogP contribution >= 0.6 is 27.3 Å². The van der Waals surface area contributed by atoms with Gasteiger partial charge in [0.25, 0.3) is 0 Å². The highest BCUT2D eigenvalue weighted by molar-refractivity contribution is 9.10. The highest BCUT2D eigenvalue weighted by Crippen LogP contribution is 2.25. The minimum absolute atomic E-state index is 0.783. The van der Waals surface area contributed by atoms with E-state index in [4.69, 9.17) is 5.73 Å². The van der Waals surface area contributed by atoms with Gasteiger partial charge in [0.15, 0.2) is 0 Å². The highest BCUT2D eigenvalue weighted by atomic mass is 79.9. The maximum absolute atomic E-state index is 5.88. The third-order valence-electron chi connectivity index (χ3n) is 2.65. The normalized spacial score (nSPS) is 11.1. The van der Waals surface area contributed by atoms with E-state index in [9.17, 15) is 0 Å². The van der Waals surface area contributed by atoms with Gasteiger partial charge in [-0.3, -0.25) is 4.90 Å². The van der Waals surface area contributed by atoms with Crippen molar-refractivity contribution in [1.82, 2.24) is 9.88 Å². The molecule has 1 aromatic carbocycles. The molecule has 0 aliphatic rings. The molecular weight excluding hydrogens is 310 g/mol. The Balaban J connectivity index is 2.03. The second kappa shape index (κ2) is 5.82. The lowest BCUT2D eigenvalue weighted by Crippen LogP contribution is -2.18. The number of halogens is 1. The standard InChI is InChI=1S/C13H16BrN3S/c1-9-16-11(8-18-9)7-17(2)6-10-4-3-5-12(15)13(10)14/h3-5,8H,6-7,15H2,1-2H3. The van der Waals surface area contributed by atoms with E-state index in [1.54, 1.807) is 11.3 Å². The summed E-state index contributed by atoms with van der Waals surface area (Å²) in [5.41, 5.74) is 8.98. The van der Waals surface area contributed by atoms with Gasteiger partial charge in [0.05, 0.1) is 10.7 Å². The summed E-state index contributed by atoms with van der Waals surface area (Å²) in [5, 5.41) is 3.23. The fourth-order valence-corrected chi connectivity index (χ4v) is 2.82. The van der Waals surface area contributed by atoms with Crippen molar-refractivity contribution in [3.05, 3.63) is 44.3 Å². The molecule has 3 nitrogen and oxygen atoms in total. The number of thiazole rings is 1. The predicted octanol–water partition coefficient (Wildman–Crippen LogP) is 3.43. The van der Waals surface area contributed by atoms with Crippen molar-refractivity contribution in [2.24, 2.45) is 0 Å². The van der Waals surface area contributed by atoms with Crippen LogP contribution < -0.4 is 5.73 Å². The number of aryl methyl sites for hydroxylation is 1. The summed E-state index contributed by atoms with van der Waals surface area (Å²) in [7, 11) is 2.09. The number of anilines is 1. The molecule has 2 rings (SSSR count). The number of rotatable bonds is 4. The number of nitrogen functional groups attached to an aromatic ring is 1. The van der Waals surface area contributed by atoms with Gasteiger partial charge in [-0.25, -0.2) is 4.98 Å². The van der Waals surface area contributed by atoms with Crippen molar-refractivity contribution in [1.29, 1.82) is 0 Å². The summed E-state index contributed by atoms with van der Waals surface area (Å²) >= 11 is 5.22. The maximum Gasteiger partial charge on any atom is 0.0897 e. The first-order chi connectivity index (χ1) is 8.56. The van der Waals surface area contributed by atoms with Crippen molar-refractivity contribution in [2.75, 3.05) is 12.8 Å². The Morgan fingerprint density at radius 1 is 1.39 bits per heavy atom. The lowest BCUT2D eigenvalue weighted by Gasteiger charge is -2.17. The molecule has 0 spiro atoms. The molecule has 18 heavy (non-hydrogen) atoms. The van der Waals surface area contributed by atoms with Crippen LogP contribution in [0.4, 0.5) is 5.69 Å². The van der Waals surface area contributed by atoms with E-state index < -0.39 is 0 Å². The fourth-order valence-electron chi connectivity index (χ4n) is 1.83. The van der Waals surface area contributed by atoms with Crippen LogP contribution in [0.25, 0.3) is 0 Å². The molecule has 2 N–H and O–H groups in total. The van der Waals surface area contributed by atoms with E-state index in [1.165, 1.54) is 5.56 Å². The highest BCUT2D eigenvalue weighted by Gasteiger charge is 2.08. The Bertz CT molecular complexity index is 539. The Morgan fingerprint density at radius 2 is 2.17 bits per heavy atom. The Hall–Kier alpha value is -0.910. The number of hydrogen-bond acceptors (Lipinski definition) is 4. The number of aromatic nitrogens is 1. The summed E-state index contributed by atoms with van der Waals surface area (Å²) in [6.07, 6.45) is 0. The summed E-state index contributed by atoms with van der Waals surface area (Å²) < 4.78 is 0.992. The van der Waals surface area contributed by atoms with E-state index in [0.717, 1.165) is 34.0 Å². The first-order valence-electron chi connectivity index (χ1n) is 5.68. The zero-order chi connectivity index (χ0) is 13.1. The molecule has 0 radical (unpaired) electrons. The van der Waals surface area contributed by atoms with Crippen LogP contribution in [0.15, 0.2) is 28.1 Å². The second-order valence-corrected chi connectivity index (χ2v) is 6.21. The molecule has 0 fully saturated rings. The van der Waals surface area contributed by atoms with E-state index >= 15 is 0 Å². The van der Waals surface area contributed by atoms with Gasteiger partial charge in [-0.1, -0.05) is 12.1 Å². The molecule has 96 valence electrons. The van der Waals surface area contributed by atoms with Gasteiger partial charge >= 0.3 is 0 Å². The van der Waals surface area contributed by atoms with Crippen molar-refractivity contribution in [3.63, 3.8) is 0 Å². The zero-order valence-electron chi connectivity index (χ0n) is 10.5. The minimum atomic E-state index is 0.783. The lowest BCUT2D eigenvalue weighted by molar-refractivity contribution is 0.315. The second-order valence-electron chi connectivity index (χ2n) is 4.35. The Kier molecular flexibility index (Phi) is 4.37. The van der Waals surface area contributed by atoms with Crippen LogP contribution in [0.2, 0.25) is 0 Å². The largest absolute Gasteiger partial charge is 0.398 e. The monoisotopic (exact) mass is 325 g/mol. The van der Waals surface area contributed by atoms with Crippen LogP contribution in [-0.4, -0.2) is 16.9 Å².